The second-order valence-electron chi connectivity index (χ2n) is 7.74. The highest BCUT2D eigenvalue weighted by Gasteiger charge is 2.13. The molecule has 0 aliphatic heterocycles. The van der Waals surface area contributed by atoms with Crippen LogP contribution in [0.4, 0.5) is 10.1 Å². The Balaban J connectivity index is 1.39. The van der Waals surface area contributed by atoms with Gasteiger partial charge in [-0.05, 0) is 42.8 Å². The minimum absolute atomic E-state index is 0.0250. The fraction of sp³-hybridized carbons (Fsp3) is 0.154. The number of carbonyl (C=O) groups is 2. The highest BCUT2D eigenvalue weighted by molar-refractivity contribution is 8.00. The largest absolute Gasteiger partial charge is 0.350 e. The molecule has 0 atom stereocenters. The summed E-state index contributed by atoms with van der Waals surface area (Å²) in [7, 11) is 0. The van der Waals surface area contributed by atoms with Crippen molar-refractivity contribution < 1.29 is 14.0 Å². The summed E-state index contributed by atoms with van der Waals surface area (Å²) < 4.78 is 15.8. The molecule has 2 N–H and O–H groups in total. The number of halogens is 2. The van der Waals surface area contributed by atoms with Gasteiger partial charge in [0.1, 0.15) is 5.82 Å². The van der Waals surface area contributed by atoms with E-state index in [1.54, 1.807) is 18.2 Å². The van der Waals surface area contributed by atoms with Gasteiger partial charge >= 0.3 is 0 Å². The summed E-state index contributed by atoms with van der Waals surface area (Å²) in [4.78, 5) is 25.7. The van der Waals surface area contributed by atoms with Gasteiger partial charge in [-0.2, -0.15) is 0 Å². The maximum Gasteiger partial charge on any atom is 0.254 e. The quantitative estimate of drug-likeness (QED) is 0.299. The van der Waals surface area contributed by atoms with Gasteiger partial charge in [0, 0.05) is 45.8 Å². The third-order valence-electron chi connectivity index (χ3n) is 5.32. The van der Waals surface area contributed by atoms with E-state index in [-0.39, 0.29) is 17.2 Å². The number of anilines is 1. The molecule has 1 heterocycles. The van der Waals surface area contributed by atoms with Crippen molar-refractivity contribution in [3.8, 4) is 0 Å². The Morgan fingerprint density at radius 3 is 2.62 bits per heavy atom. The molecule has 4 aromatic rings. The number of amides is 2. The van der Waals surface area contributed by atoms with Crippen LogP contribution in [0, 0.1) is 12.7 Å². The second kappa shape index (κ2) is 10.8. The van der Waals surface area contributed by atoms with Crippen molar-refractivity contribution in [2.45, 2.75) is 18.4 Å². The Bertz CT molecular complexity index is 1360. The molecule has 0 bridgehead atoms. The van der Waals surface area contributed by atoms with Crippen LogP contribution >= 0.6 is 23.4 Å². The third-order valence-corrected chi connectivity index (χ3v) is 6.77. The second-order valence-corrected chi connectivity index (χ2v) is 9.16. The van der Waals surface area contributed by atoms with Crippen LogP contribution in [0.5, 0.6) is 0 Å². The number of hydrogen-bond acceptors (Lipinski definition) is 3. The van der Waals surface area contributed by atoms with Gasteiger partial charge in [0.15, 0.2) is 0 Å². The molecule has 3 aromatic carbocycles. The first-order valence-corrected chi connectivity index (χ1v) is 12.1. The summed E-state index contributed by atoms with van der Waals surface area (Å²) in [5, 5.41) is 7.27. The van der Waals surface area contributed by atoms with Gasteiger partial charge in [-0.25, -0.2) is 4.39 Å². The Labute approximate surface area is 206 Å². The van der Waals surface area contributed by atoms with Crippen molar-refractivity contribution in [1.82, 2.24) is 9.88 Å². The number of aromatic nitrogens is 1. The van der Waals surface area contributed by atoms with E-state index in [1.165, 1.54) is 23.9 Å². The molecule has 1 aromatic heterocycles. The predicted molar refractivity (Wildman–Crippen MR) is 136 cm³/mol. The van der Waals surface area contributed by atoms with Crippen LogP contribution in [0.3, 0.4) is 0 Å². The molecular weight excluding hydrogens is 473 g/mol. The van der Waals surface area contributed by atoms with E-state index >= 15 is 0 Å². The molecule has 0 unspecified atom stereocenters. The molecule has 0 saturated heterocycles. The molecule has 0 radical (unpaired) electrons. The average Bonchev–Trinajstić information content (AvgIpc) is 3.18. The molecule has 0 aliphatic rings. The molecular formula is C26H23ClFN3O2S. The van der Waals surface area contributed by atoms with Crippen LogP contribution in [-0.4, -0.2) is 28.7 Å². The minimum atomic E-state index is -0.545. The smallest absolute Gasteiger partial charge is 0.254 e. The Morgan fingerprint density at radius 2 is 1.82 bits per heavy atom. The number of benzene rings is 3. The number of thioether (sulfide) groups is 1. The Hall–Kier alpha value is -3.29. The maximum absolute atomic E-state index is 13.8. The molecule has 4 rings (SSSR count). The van der Waals surface area contributed by atoms with Crippen LogP contribution < -0.4 is 10.6 Å². The monoisotopic (exact) mass is 495 g/mol. The first-order valence-electron chi connectivity index (χ1n) is 10.7. The van der Waals surface area contributed by atoms with Gasteiger partial charge in [0.05, 0.1) is 11.3 Å². The standard InChI is InChI=1S/C26H23ClFN3O2S/c1-17-10-11-18(14-21(17)27)30-25(32)16-34-24-15-31(23-9-5-3-7-20(23)24)13-12-29-26(33)19-6-2-4-8-22(19)28/h2-11,14-15H,12-13,16H2,1H3,(H,29,33)(H,30,32). The predicted octanol–water partition coefficient (Wildman–Crippen LogP) is 5.90. The molecule has 34 heavy (non-hydrogen) atoms. The number of aryl methyl sites for hydroxylation is 1. The Morgan fingerprint density at radius 1 is 1.06 bits per heavy atom. The van der Waals surface area contributed by atoms with Crippen molar-refractivity contribution in [2.24, 2.45) is 0 Å². The number of fused-ring (bicyclic) bond motifs is 1. The van der Waals surface area contributed by atoms with Gasteiger partial charge in [-0.1, -0.05) is 48.0 Å². The number of carbonyl (C=O) groups excluding carboxylic acids is 2. The molecule has 174 valence electrons. The van der Waals surface area contributed by atoms with E-state index in [4.69, 9.17) is 11.6 Å². The highest BCUT2D eigenvalue weighted by Crippen LogP contribution is 2.30. The Kier molecular flexibility index (Phi) is 7.55. The molecule has 0 spiro atoms. The summed E-state index contributed by atoms with van der Waals surface area (Å²) in [6, 6.07) is 19.2. The van der Waals surface area contributed by atoms with Gasteiger partial charge in [0.2, 0.25) is 5.91 Å². The summed E-state index contributed by atoms with van der Waals surface area (Å²) >= 11 is 7.58. The van der Waals surface area contributed by atoms with Gasteiger partial charge < -0.3 is 15.2 Å². The van der Waals surface area contributed by atoms with E-state index in [2.05, 4.69) is 10.6 Å². The number of nitrogens with zero attached hydrogens (tertiary/aromatic N) is 1. The number of hydrogen-bond donors (Lipinski definition) is 2. The zero-order chi connectivity index (χ0) is 24.1. The number of para-hydroxylation sites is 1. The SMILES string of the molecule is Cc1ccc(NC(=O)CSc2cn(CCNC(=O)c3ccccc3F)c3ccccc23)cc1Cl. The van der Waals surface area contributed by atoms with Crippen LogP contribution in [-0.2, 0) is 11.3 Å². The normalized spacial score (nSPS) is 10.9. The summed E-state index contributed by atoms with van der Waals surface area (Å²) in [6.07, 6.45) is 1.97. The van der Waals surface area contributed by atoms with Crippen molar-refractivity contribution in [1.29, 1.82) is 0 Å². The lowest BCUT2D eigenvalue weighted by molar-refractivity contribution is -0.113. The van der Waals surface area contributed by atoms with Crippen LogP contribution in [0.25, 0.3) is 10.9 Å². The molecule has 0 fully saturated rings. The highest BCUT2D eigenvalue weighted by atomic mass is 35.5. The first-order chi connectivity index (χ1) is 16.4. The zero-order valence-corrected chi connectivity index (χ0v) is 20.0. The summed E-state index contributed by atoms with van der Waals surface area (Å²) in [5.74, 6) is -0.879. The van der Waals surface area contributed by atoms with Gasteiger partial charge in [0.25, 0.3) is 5.91 Å². The molecule has 0 saturated carbocycles. The zero-order valence-electron chi connectivity index (χ0n) is 18.5. The number of rotatable bonds is 8. The van der Waals surface area contributed by atoms with Crippen molar-refractivity contribution in [2.75, 3.05) is 17.6 Å². The van der Waals surface area contributed by atoms with Crippen molar-refractivity contribution >= 4 is 51.8 Å². The molecule has 5 nitrogen and oxygen atoms in total. The van der Waals surface area contributed by atoms with E-state index in [0.29, 0.717) is 23.8 Å². The average molecular weight is 496 g/mol. The fourth-order valence-electron chi connectivity index (χ4n) is 3.55. The third kappa shape index (κ3) is 5.61. The topological polar surface area (TPSA) is 63.1 Å². The molecule has 8 heteroatoms. The summed E-state index contributed by atoms with van der Waals surface area (Å²) in [5.41, 5.74) is 2.63. The summed E-state index contributed by atoms with van der Waals surface area (Å²) in [6.45, 7) is 2.75. The van der Waals surface area contributed by atoms with E-state index < -0.39 is 11.7 Å². The lowest BCUT2D eigenvalue weighted by Crippen LogP contribution is -2.27. The van der Waals surface area contributed by atoms with Crippen LogP contribution in [0.2, 0.25) is 5.02 Å². The van der Waals surface area contributed by atoms with E-state index in [1.807, 2.05) is 54.1 Å². The first kappa shape index (κ1) is 23.9. The van der Waals surface area contributed by atoms with Crippen molar-refractivity contribution in [3.63, 3.8) is 0 Å². The van der Waals surface area contributed by atoms with Crippen LogP contribution in [0.15, 0.2) is 77.8 Å². The molecule has 0 aliphatic carbocycles. The van der Waals surface area contributed by atoms with E-state index in [0.717, 1.165) is 21.4 Å². The lowest BCUT2D eigenvalue weighted by Gasteiger charge is -2.08. The van der Waals surface area contributed by atoms with Crippen LogP contribution in [0.1, 0.15) is 15.9 Å². The fourth-order valence-corrected chi connectivity index (χ4v) is 4.62. The van der Waals surface area contributed by atoms with Gasteiger partial charge in [-0.3, -0.25) is 9.59 Å². The number of nitrogens with one attached hydrogen (secondary N) is 2. The minimum Gasteiger partial charge on any atom is -0.350 e. The van der Waals surface area contributed by atoms with Crippen molar-refractivity contribution in [3.05, 3.63) is 94.9 Å². The van der Waals surface area contributed by atoms with E-state index in [9.17, 15) is 14.0 Å². The molecule has 2 amide bonds. The van der Waals surface area contributed by atoms with Gasteiger partial charge in [-0.15, -0.1) is 11.8 Å². The maximum atomic E-state index is 13.8. The lowest BCUT2D eigenvalue weighted by atomic mass is 10.2.